The van der Waals surface area contributed by atoms with Crippen molar-refractivity contribution in [2.24, 2.45) is 0 Å². The number of fused-ring (bicyclic) bond motifs is 2. The Labute approximate surface area is 209 Å². The largest absolute Gasteiger partial charge is 0.456 e. The van der Waals surface area contributed by atoms with Crippen LogP contribution in [0.4, 0.5) is 11.4 Å². The molecule has 4 rings (SSSR count). The molecule has 1 amide bonds. The second-order valence-corrected chi connectivity index (χ2v) is 8.83. The van der Waals surface area contributed by atoms with E-state index >= 15 is 0 Å². The van der Waals surface area contributed by atoms with Crippen molar-refractivity contribution >= 4 is 34.2 Å². The number of benzene rings is 3. The SMILES string of the molecule is CCC(=O)Nc1ccc(-c2c3ccc(=[N+](C)C)cc-3oc3cc(N(C)C)ccc23)c(C(=O)OOC)c1. The highest BCUT2D eigenvalue weighted by Crippen LogP contribution is 2.42. The van der Waals surface area contributed by atoms with Crippen molar-refractivity contribution in [3.63, 3.8) is 0 Å². The third-order valence-corrected chi connectivity index (χ3v) is 5.99. The van der Waals surface area contributed by atoms with Gasteiger partial charge in [0.2, 0.25) is 11.3 Å². The zero-order valence-corrected chi connectivity index (χ0v) is 21.3. The zero-order valence-electron chi connectivity index (χ0n) is 21.3. The molecule has 2 aromatic carbocycles. The molecule has 8 heteroatoms. The number of carbonyl (C=O) groups is 2. The quantitative estimate of drug-likeness (QED) is 0.188. The lowest BCUT2D eigenvalue weighted by Crippen LogP contribution is -2.21. The van der Waals surface area contributed by atoms with E-state index in [4.69, 9.17) is 9.30 Å². The van der Waals surface area contributed by atoms with Crippen LogP contribution in [0.5, 0.6) is 0 Å². The summed E-state index contributed by atoms with van der Waals surface area (Å²) in [5.41, 5.74) is 4.69. The van der Waals surface area contributed by atoms with E-state index in [0.717, 1.165) is 27.6 Å². The van der Waals surface area contributed by atoms with Crippen LogP contribution < -0.4 is 20.1 Å². The van der Waals surface area contributed by atoms with Crippen molar-refractivity contribution in [3.05, 3.63) is 65.5 Å². The predicted molar refractivity (Wildman–Crippen MR) is 141 cm³/mol. The van der Waals surface area contributed by atoms with Crippen LogP contribution in [0.15, 0.2) is 59.0 Å². The third-order valence-electron chi connectivity index (χ3n) is 5.99. The smallest absolute Gasteiger partial charge is 0.373 e. The summed E-state index contributed by atoms with van der Waals surface area (Å²) in [6, 6.07) is 17.1. The van der Waals surface area contributed by atoms with Crippen molar-refractivity contribution < 1.29 is 23.8 Å². The van der Waals surface area contributed by atoms with Crippen LogP contribution in [0.1, 0.15) is 23.7 Å². The highest BCUT2D eigenvalue weighted by Gasteiger charge is 2.24. The van der Waals surface area contributed by atoms with Gasteiger partial charge in [-0.3, -0.25) is 9.68 Å². The number of hydrogen-bond acceptors (Lipinski definition) is 6. The van der Waals surface area contributed by atoms with Crippen molar-refractivity contribution in [1.29, 1.82) is 0 Å². The summed E-state index contributed by atoms with van der Waals surface area (Å²) >= 11 is 0. The minimum atomic E-state index is -0.669. The summed E-state index contributed by atoms with van der Waals surface area (Å²) in [7, 11) is 9.15. The minimum absolute atomic E-state index is 0.157. The predicted octanol–water partition coefficient (Wildman–Crippen LogP) is 4.37. The second-order valence-electron chi connectivity index (χ2n) is 8.83. The third kappa shape index (κ3) is 4.81. The molecule has 2 aliphatic rings. The molecule has 0 aromatic heterocycles. The van der Waals surface area contributed by atoms with Gasteiger partial charge in [0.25, 0.3) is 0 Å². The number of anilines is 2. The van der Waals surface area contributed by atoms with Gasteiger partial charge in [-0.25, -0.2) is 9.37 Å². The van der Waals surface area contributed by atoms with Crippen LogP contribution in [0.2, 0.25) is 0 Å². The van der Waals surface area contributed by atoms with E-state index in [2.05, 4.69) is 10.2 Å². The maximum absolute atomic E-state index is 13.0. The van der Waals surface area contributed by atoms with Gasteiger partial charge < -0.3 is 14.6 Å². The average molecular weight is 489 g/mol. The van der Waals surface area contributed by atoms with Gasteiger partial charge >= 0.3 is 5.97 Å². The van der Waals surface area contributed by atoms with E-state index < -0.39 is 5.97 Å². The van der Waals surface area contributed by atoms with Gasteiger partial charge in [-0.2, -0.15) is 4.89 Å². The monoisotopic (exact) mass is 488 g/mol. The lowest BCUT2D eigenvalue weighted by Gasteiger charge is -2.19. The molecule has 1 aliphatic heterocycles. The van der Waals surface area contributed by atoms with E-state index in [9.17, 15) is 9.59 Å². The molecular weight excluding hydrogens is 458 g/mol. The standard InChI is InChI=1S/C28H29N3O5/c1-7-26(32)29-17-8-11-20(23(14-17)28(33)36-34-6)27-21-12-9-18(30(2)3)15-24(21)35-25-16-19(31(4)5)10-13-22(25)27/h8-16H,7H2,1-6H3/p+1. The molecule has 0 saturated heterocycles. The maximum Gasteiger partial charge on any atom is 0.373 e. The number of carbonyl (C=O) groups excluding carboxylic acids is 2. The van der Waals surface area contributed by atoms with Gasteiger partial charge in [-0.05, 0) is 35.9 Å². The Bertz CT molecular complexity index is 1500. The van der Waals surface area contributed by atoms with E-state index in [-0.39, 0.29) is 11.5 Å². The molecule has 0 spiro atoms. The summed E-state index contributed by atoms with van der Waals surface area (Å²) in [5, 5.41) is 4.62. The first-order chi connectivity index (χ1) is 17.2. The molecule has 0 bridgehead atoms. The summed E-state index contributed by atoms with van der Waals surface area (Å²) < 4.78 is 8.38. The molecule has 0 radical (unpaired) electrons. The molecule has 1 aliphatic carbocycles. The number of amides is 1. The van der Waals surface area contributed by atoms with Crippen LogP contribution >= 0.6 is 0 Å². The van der Waals surface area contributed by atoms with Crippen LogP contribution in [0.3, 0.4) is 0 Å². The van der Waals surface area contributed by atoms with Gasteiger partial charge in [0.15, 0.2) is 0 Å². The fraction of sp³-hybridized carbons (Fsp3) is 0.250. The fourth-order valence-corrected chi connectivity index (χ4v) is 4.09. The Morgan fingerprint density at radius 3 is 2.42 bits per heavy atom. The second kappa shape index (κ2) is 10.2. The first-order valence-corrected chi connectivity index (χ1v) is 11.6. The van der Waals surface area contributed by atoms with E-state index in [0.29, 0.717) is 29.0 Å². The lowest BCUT2D eigenvalue weighted by molar-refractivity contribution is -0.216. The molecule has 36 heavy (non-hydrogen) atoms. The molecule has 1 heterocycles. The van der Waals surface area contributed by atoms with Crippen molar-refractivity contribution in [3.8, 4) is 22.5 Å². The topological polar surface area (TPSA) is 84.0 Å². The zero-order chi connectivity index (χ0) is 26.0. The minimum Gasteiger partial charge on any atom is -0.456 e. The fourth-order valence-electron chi connectivity index (χ4n) is 4.09. The highest BCUT2D eigenvalue weighted by molar-refractivity contribution is 6.09. The number of hydrogen-bond donors (Lipinski definition) is 1. The molecule has 8 nitrogen and oxygen atoms in total. The molecule has 186 valence electrons. The van der Waals surface area contributed by atoms with Gasteiger partial charge in [-0.1, -0.05) is 13.0 Å². The van der Waals surface area contributed by atoms with Gasteiger partial charge in [0, 0.05) is 60.5 Å². The summed E-state index contributed by atoms with van der Waals surface area (Å²) in [5.74, 6) is -0.151. The highest BCUT2D eigenvalue weighted by atomic mass is 17.2. The van der Waals surface area contributed by atoms with Crippen LogP contribution in [0, 0.1) is 0 Å². The Kier molecular flexibility index (Phi) is 7.07. The van der Waals surface area contributed by atoms with Crippen molar-refractivity contribution in [2.75, 3.05) is 45.5 Å². The van der Waals surface area contributed by atoms with Crippen molar-refractivity contribution in [1.82, 2.24) is 4.58 Å². The van der Waals surface area contributed by atoms with Crippen LogP contribution in [-0.2, 0) is 14.6 Å². The molecule has 0 saturated carbocycles. The summed E-state index contributed by atoms with van der Waals surface area (Å²) in [4.78, 5) is 36.6. The first kappa shape index (κ1) is 24.9. The molecule has 0 atom stereocenters. The number of nitrogens with zero attached hydrogens (tertiary/aromatic N) is 2. The van der Waals surface area contributed by atoms with Crippen molar-refractivity contribution in [2.45, 2.75) is 13.3 Å². The van der Waals surface area contributed by atoms with Crippen LogP contribution in [-0.4, -0.2) is 47.2 Å². The lowest BCUT2D eigenvalue weighted by atomic mass is 9.90. The number of rotatable bonds is 6. The van der Waals surface area contributed by atoms with E-state index in [1.807, 2.05) is 80.1 Å². The summed E-state index contributed by atoms with van der Waals surface area (Å²) in [6.45, 7) is 1.76. The summed E-state index contributed by atoms with van der Waals surface area (Å²) in [6.07, 6.45) is 0.317. The van der Waals surface area contributed by atoms with Crippen LogP contribution in [0.25, 0.3) is 33.4 Å². The van der Waals surface area contributed by atoms with E-state index in [1.54, 1.807) is 19.1 Å². The normalized spacial score (nSPS) is 10.9. The average Bonchev–Trinajstić information content (AvgIpc) is 2.86. The van der Waals surface area contributed by atoms with Gasteiger partial charge in [0.05, 0.1) is 18.7 Å². The molecule has 2 aromatic rings. The Hall–Kier alpha value is -4.17. The Morgan fingerprint density at radius 2 is 1.75 bits per heavy atom. The van der Waals surface area contributed by atoms with E-state index in [1.165, 1.54) is 7.11 Å². The number of nitrogens with one attached hydrogen (secondary N) is 1. The molecule has 0 fully saturated rings. The van der Waals surface area contributed by atoms with Gasteiger partial charge in [-0.15, -0.1) is 0 Å². The first-order valence-electron chi connectivity index (χ1n) is 11.6. The Morgan fingerprint density at radius 1 is 1.00 bits per heavy atom. The molecular formula is C28H30N3O5+. The van der Waals surface area contributed by atoms with Gasteiger partial charge in [0.1, 0.15) is 25.4 Å². The molecule has 1 N–H and O–H groups in total. The molecule has 0 unspecified atom stereocenters. The maximum atomic E-state index is 13.0. The Balaban J connectivity index is 2.08.